The summed E-state index contributed by atoms with van der Waals surface area (Å²) in [6.07, 6.45) is 7.68. The summed E-state index contributed by atoms with van der Waals surface area (Å²) < 4.78 is 0. The third kappa shape index (κ3) is 6.09. The molecule has 3 heteroatoms. The molecule has 0 atom stereocenters. The molecule has 1 saturated carbocycles. The number of rotatable bonds is 8. The van der Waals surface area contributed by atoms with E-state index >= 15 is 0 Å². The SMILES string of the molecule is CN=C(NCCCCCc1ccccc1)NCC1CC1. The molecule has 1 aromatic carbocycles. The smallest absolute Gasteiger partial charge is 0.190 e. The van der Waals surface area contributed by atoms with Crippen molar-refractivity contribution in [3.8, 4) is 0 Å². The van der Waals surface area contributed by atoms with Crippen LogP contribution in [-0.2, 0) is 6.42 Å². The third-order valence-corrected chi connectivity index (χ3v) is 3.76. The first-order valence-corrected chi connectivity index (χ1v) is 7.87. The molecular weight excluding hydrogens is 246 g/mol. The summed E-state index contributed by atoms with van der Waals surface area (Å²) in [6, 6.07) is 10.7. The summed E-state index contributed by atoms with van der Waals surface area (Å²) in [5.41, 5.74) is 1.45. The van der Waals surface area contributed by atoms with E-state index in [-0.39, 0.29) is 0 Å². The lowest BCUT2D eigenvalue weighted by Crippen LogP contribution is -2.38. The normalized spacial score (nSPS) is 15.2. The second-order valence-corrected chi connectivity index (χ2v) is 5.62. The lowest BCUT2D eigenvalue weighted by molar-refractivity contribution is 0.652. The minimum Gasteiger partial charge on any atom is -0.356 e. The largest absolute Gasteiger partial charge is 0.356 e. The van der Waals surface area contributed by atoms with Crippen LogP contribution in [0, 0.1) is 5.92 Å². The lowest BCUT2D eigenvalue weighted by atomic mass is 10.1. The fourth-order valence-corrected chi connectivity index (χ4v) is 2.27. The van der Waals surface area contributed by atoms with Gasteiger partial charge < -0.3 is 10.6 Å². The van der Waals surface area contributed by atoms with E-state index in [9.17, 15) is 0 Å². The van der Waals surface area contributed by atoms with Crippen molar-refractivity contribution in [3.63, 3.8) is 0 Å². The maximum absolute atomic E-state index is 4.25. The average molecular weight is 273 g/mol. The molecule has 0 bridgehead atoms. The molecule has 2 rings (SSSR count). The van der Waals surface area contributed by atoms with Crippen molar-refractivity contribution in [2.75, 3.05) is 20.1 Å². The maximum atomic E-state index is 4.25. The van der Waals surface area contributed by atoms with Crippen molar-refractivity contribution in [2.24, 2.45) is 10.9 Å². The molecule has 0 aliphatic heterocycles. The average Bonchev–Trinajstić information content (AvgIpc) is 3.31. The highest BCUT2D eigenvalue weighted by Gasteiger charge is 2.20. The Bertz CT molecular complexity index is 396. The Morgan fingerprint density at radius 2 is 1.90 bits per heavy atom. The Labute approximate surface area is 122 Å². The first-order chi connectivity index (χ1) is 9.88. The van der Waals surface area contributed by atoms with E-state index < -0.39 is 0 Å². The van der Waals surface area contributed by atoms with Crippen molar-refractivity contribution in [1.82, 2.24) is 10.6 Å². The van der Waals surface area contributed by atoms with Crippen molar-refractivity contribution in [2.45, 2.75) is 38.5 Å². The van der Waals surface area contributed by atoms with Crippen molar-refractivity contribution >= 4 is 5.96 Å². The highest BCUT2D eigenvalue weighted by atomic mass is 15.2. The Hall–Kier alpha value is -1.51. The number of aliphatic imine (C=N–C) groups is 1. The fraction of sp³-hybridized carbons (Fsp3) is 0.588. The van der Waals surface area contributed by atoms with Crippen LogP contribution < -0.4 is 10.6 Å². The number of nitrogens with one attached hydrogen (secondary N) is 2. The summed E-state index contributed by atoms with van der Waals surface area (Å²) in [4.78, 5) is 4.25. The van der Waals surface area contributed by atoms with Gasteiger partial charge in [-0.15, -0.1) is 0 Å². The number of benzene rings is 1. The Balaban J connectivity index is 1.47. The van der Waals surface area contributed by atoms with Gasteiger partial charge in [0.2, 0.25) is 0 Å². The van der Waals surface area contributed by atoms with E-state index in [0.717, 1.165) is 25.0 Å². The van der Waals surface area contributed by atoms with Crippen molar-refractivity contribution in [3.05, 3.63) is 35.9 Å². The first kappa shape index (κ1) is 14.9. The molecule has 3 nitrogen and oxygen atoms in total. The summed E-state index contributed by atoms with van der Waals surface area (Å²) in [6.45, 7) is 2.09. The quantitative estimate of drug-likeness (QED) is 0.434. The first-order valence-electron chi connectivity index (χ1n) is 7.87. The molecule has 2 N–H and O–H groups in total. The number of aryl methyl sites for hydroxylation is 1. The molecule has 1 fully saturated rings. The van der Waals surface area contributed by atoms with E-state index in [1.807, 2.05) is 7.05 Å². The minimum absolute atomic E-state index is 0.888. The second-order valence-electron chi connectivity index (χ2n) is 5.62. The van der Waals surface area contributed by atoms with Crippen LogP contribution in [0.5, 0.6) is 0 Å². The molecule has 0 heterocycles. The van der Waals surface area contributed by atoms with Gasteiger partial charge in [-0.2, -0.15) is 0 Å². The van der Waals surface area contributed by atoms with Crippen LogP contribution in [0.25, 0.3) is 0 Å². The molecule has 1 aliphatic rings. The molecule has 1 aliphatic carbocycles. The number of nitrogens with zero attached hydrogens (tertiary/aromatic N) is 1. The van der Waals surface area contributed by atoms with Crippen LogP contribution in [0.1, 0.15) is 37.7 Å². The van der Waals surface area contributed by atoms with Gasteiger partial charge in [-0.05, 0) is 43.6 Å². The Kier molecular flexibility index (Phi) is 6.42. The van der Waals surface area contributed by atoms with Crippen LogP contribution >= 0.6 is 0 Å². The Morgan fingerprint density at radius 3 is 2.60 bits per heavy atom. The van der Waals surface area contributed by atoms with Gasteiger partial charge in [0.05, 0.1) is 0 Å². The minimum atomic E-state index is 0.888. The van der Waals surface area contributed by atoms with Gasteiger partial charge in [0.15, 0.2) is 5.96 Å². The standard InChI is InChI=1S/C17H27N3/c1-18-17(20-14-16-11-12-16)19-13-7-3-6-10-15-8-4-2-5-9-15/h2,4-5,8-9,16H,3,6-7,10-14H2,1H3,(H2,18,19,20). The number of guanidine groups is 1. The molecule has 110 valence electrons. The summed E-state index contributed by atoms with van der Waals surface area (Å²) in [5, 5.41) is 6.78. The maximum Gasteiger partial charge on any atom is 0.190 e. The van der Waals surface area contributed by atoms with Crippen LogP contribution in [0.3, 0.4) is 0 Å². The predicted octanol–water partition coefficient (Wildman–Crippen LogP) is 2.97. The summed E-state index contributed by atoms with van der Waals surface area (Å²) in [7, 11) is 1.84. The van der Waals surface area contributed by atoms with Gasteiger partial charge in [0.25, 0.3) is 0 Å². The van der Waals surface area contributed by atoms with E-state index in [1.54, 1.807) is 0 Å². The Morgan fingerprint density at radius 1 is 1.10 bits per heavy atom. The van der Waals surface area contributed by atoms with E-state index in [0.29, 0.717) is 0 Å². The third-order valence-electron chi connectivity index (χ3n) is 3.76. The van der Waals surface area contributed by atoms with E-state index in [1.165, 1.54) is 44.1 Å². The topological polar surface area (TPSA) is 36.4 Å². The van der Waals surface area contributed by atoms with Crippen LogP contribution in [0.4, 0.5) is 0 Å². The molecule has 0 aromatic heterocycles. The molecule has 20 heavy (non-hydrogen) atoms. The molecule has 0 amide bonds. The van der Waals surface area contributed by atoms with Gasteiger partial charge in [0.1, 0.15) is 0 Å². The highest BCUT2D eigenvalue weighted by molar-refractivity contribution is 5.79. The molecule has 0 unspecified atom stereocenters. The van der Waals surface area contributed by atoms with Crippen LogP contribution in [0.15, 0.2) is 35.3 Å². The highest BCUT2D eigenvalue weighted by Crippen LogP contribution is 2.27. The zero-order chi connectivity index (χ0) is 14.0. The van der Waals surface area contributed by atoms with Crippen LogP contribution in [-0.4, -0.2) is 26.1 Å². The summed E-state index contributed by atoms with van der Waals surface area (Å²) in [5.74, 6) is 1.85. The molecule has 0 saturated heterocycles. The van der Waals surface area contributed by atoms with Crippen LogP contribution in [0.2, 0.25) is 0 Å². The molecule has 1 aromatic rings. The van der Waals surface area contributed by atoms with E-state index in [4.69, 9.17) is 0 Å². The van der Waals surface area contributed by atoms with Gasteiger partial charge in [0, 0.05) is 20.1 Å². The second kappa shape index (κ2) is 8.62. The fourth-order valence-electron chi connectivity index (χ4n) is 2.27. The lowest BCUT2D eigenvalue weighted by Gasteiger charge is -2.11. The zero-order valence-electron chi connectivity index (χ0n) is 12.6. The van der Waals surface area contributed by atoms with Gasteiger partial charge in [-0.1, -0.05) is 36.8 Å². The zero-order valence-corrected chi connectivity index (χ0v) is 12.6. The number of unbranched alkanes of at least 4 members (excludes halogenated alkanes) is 2. The monoisotopic (exact) mass is 273 g/mol. The molecule has 0 radical (unpaired) electrons. The van der Waals surface area contributed by atoms with Crippen molar-refractivity contribution in [1.29, 1.82) is 0 Å². The molecule has 0 spiro atoms. The number of hydrogen-bond acceptors (Lipinski definition) is 1. The van der Waals surface area contributed by atoms with E-state index in [2.05, 4.69) is 46.0 Å². The van der Waals surface area contributed by atoms with Gasteiger partial charge in [-0.3, -0.25) is 4.99 Å². The number of hydrogen-bond donors (Lipinski definition) is 2. The summed E-state index contributed by atoms with van der Waals surface area (Å²) >= 11 is 0. The van der Waals surface area contributed by atoms with Gasteiger partial charge in [-0.25, -0.2) is 0 Å². The predicted molar refractivity (Wildman–Crippen MR) is 86.1 cm³/mol. The molecular formula is C17H27N3. The van der Waals surface area contributed by atoms with Gasteiger partial charge >= 0.3 is 0 Å². The van der Waals surface area contributed by atoms with Crippen molar-refractivity contribution < 1.29 is 0 Å².